The Kier molecular flexibility index (Phi) is 13.8. The molecule has 0 amide bonds. The number of hydrogen-bond acceptors (Lipinski definition) is 4. The van der Waals surface area contributed by atoms with Crippen molar-refractivity contribution in [3.05, 3.63) is 348 Å². The molecule has 4 nitrogen and oxygen atoms in total. The Morgan fingerprint density at radius 2 is 0.596 bits per heavy atom. The molecule has 552 valence electrons. The maximum Gasteiger partial charge on any atom is 0.143 e. The molecule has 2 aromatic heterocycles. The molecule has 0 saturated heterocycles. The zero-order chi connectivity index (χ0) is 75.2. The smallest absolute Gasteiger partial charge is 0.143 e. The number of benzene rings is 14. The highest BCUT2D eigenvalue weighted by molar-refractivity contribution is 6.10. The van der Waals surface area contributed by atoms with Crippen molar-refractivity contribution in [2.24, 2.45) is 47.3 Å². The lowest BCUT2D eigenvalue weighted by atomic mass is 9.43. The van der Waals surface area contributed by atoms with Gasteiger partial charge in [0, 0.05) is 71.5 Å². The van der Waals surface area contributed by atoms with E-state index in [1.54, 1.807) is 22.3 Å². The molecular formula is C110H90N2O2. The van der Waals surface area contributed by atoms with Gasteiger partial charge in [-0.3, -0.25) is 0 Å². The van der Waals surface area contributed by atoms with Crippen molar-refractivity contribution < 1.29 is 8.83 Å². The van der Waals surface area contributed by atoms with E-state index in [-0.39, 0.29) is 21.7 Å². The monoisotopic (exact) mass is 1470 g/mol. The van der Waals surface area contributed by atoms with E-state index in [0.29, 0.717) is 23.7 Å². The zero-order valence-corrected chi connectivity index (χ0v) is 65.3. The Morgan fingerprint density at radius 3 is 1.09 bits per heavy atom. The Labute approximate surface area is 667 Å². The van der Waals surface area contributed by atoms with Crippen molar-refractivity contribution in [3.8, 4) is 66.8 Å². The second kappa shape index (κ2) is 23.9. The van der Waals surface area contributed by atoms with Crippen LogP contribution in [0.4, 0.5) is 34.1 Å². The van der Waals surface area contributed by atoms with Gasteiger partial charge in [-0.25, -0.2) is 0 Å². The second-order valence-electron chi connectivity index (χ2n) is 37.0. The van der Waals surface area contributed by atoms with Crippen LogP contribution in [-0.4, -0.2) is 0 Å². The van der Waals surface area contributed by atoms with Crippen LogP contribution in [0.15, 0.2) is 312 Å². The van der Waals surface area contributed by atoms with Gasteiger partial charge in [-0.2, -0.15) is 0 Å². The predicted molar refractivity (Wildman–Crippen MR) is 469 cm³/mol. The van der Waals surface area contributed by atoms with Crippen molar-refractivity contribution in [2.45, 2.75) is 114 Å². The van der Waals surface area contributed by atoms with Crippen LogP contribution in [0.1, 0.15) is 136 Å². The van der Waals surface area contributed by atoms with Crippen LogP contribution in [0.25, 0.3) is 111 Å². The van der Waals surface area contributed by atoms with Crippen LogP contribution in [0.3, 0.4) is 0 Å². The Hall–Kier alpha value is -11.7. The minimum absolute atomic E-state index is 0.0390. The molecule has 8 saturated carbocycles. The lowest BCUT2D eigenvalue weighted by Gasteiger charge is -2.61. The molecule has 8 fully saturated rings. The summed E-state index contributed by atoms with van der Waals surface area (Å²) in [5.74, 6) is 6.29. The molecule has 0 aliphatic heterocycles. The van der Waals surface area contributed by atoms with Crippen LogP contribution in [0.2, 0.25) is 0 Å². The molecule has 28 rings (SSSR count). The third kappa shape index (κ3) is 9.01. The highest BCUT2D eigenvalue weighted by Gasteiger charge is 2.64. The van der Waals surface area contributed by atoms with Crippen molar-refractivity contribution in [3.63, 3.8) is 0 Å². The normalized spacial score (nSPS) is 24.2. The number of rotatable bonds is 8. The molecule has 8 bridgehead atoms. The predicted octanol–water partition coefficient (Wildman–Crippen LogP) is 29.5. The van der Waals surface area contributed by atoms with E-state index >= 15 is 0 Å². The number of hydrogen-bond donors (Lipinski definition) is 0. The first kappa shape index (κ1) is 65.8. The Balaban J connectivity index is 0.000000129. The first-order valence-electron chi connectivity index (χ1n) is 42.5. The summed E-state index contributed by atoms with van der Waals surface area (Å²) in [6.07, 6.45) is 13.8. The summed E-state index contributed by atoms with van der Waals surface area (Å²) < 4.78 is 12.8. The fourth-order valence-electron chi connectivity index (χ4n) is 26.7. The first-order valence-corrected chi connectivity index (χ1v) is 42.5. The van der Waals surface area contributed by atoms with Gasteiger partial charge in [-0.15, -0.1) is 0 Å². The fraction of sp³-hybridized carbons (Fsp3) is 0.236. The second-order valence-corrected chi connectivity index (χ2v) is 37.0. The van der Waals surface area contributed by atoms with E-state index in [2.05, 4.69) is 335 Å². The average Bonchev–Trinajstić information content (AvgIpc) is 1.47. The van der Waals surface area contributed by atoms with E-state index in [9.17, 15) is 0 Å². The summed E-state index contributed by atoms with van der Waals surface area (Å²) in [6, 6.07) is 115. The summed E-state index contributed by atoms with van der Waals surface area (Å²) in [5, 5.41) is 4.66. The lowest BCUT2D eigenvalue weighted by molar-refractivity contribution is -0.0397. The molecule has 4 heteroatoms. The molecule has 114 heavy (non-hydrogen) atoms. The highest BCUT2D eigenvalue weighted by atomic mass is 16.3. The highest BCUT2D eigenvalue weighted by Crippen LogP contribution is 2.74. The zero-order valence-electron chi connectivity index (χ0n) is 65.3. The summed E-state index contributed by atoms with van der Waals surface area (Å²) in [4.78, 5) is 5.26. The summed E-state index contributed by atoms with van der Waals surface area (Å²) in [7, 11) is 0. The minimum Gasteiger partial charge on any atom is -0.456 e. The molecule has 16 aromatic rings. The van der Waals surface area contributed by atoms with Gasteiger partial charge in [0.15, 0.2) is 0 Å². The molecule has 0 unspecified atom stereocenters. The average molecular weight is 1470 g/mol. The van der Waals surface area contributed by atoms with Crippen molar-refractivity contribution in [1.29, 1.82) is 0 Å². The fourth-order valence-corrected chi connectivity index (χ4v) is 26.7. The molecule has 12 aliphatic rings. The Morgan fingerprint density at radius 1 is 0.246 bits per heavy atom. The van der Waals surface area contributed by atoms with Gasteiger partial charge in [0.2, 0.25) is 0 Å². The number of anilines is 6. The quantitative estimate of drug-likeness (QED) is 0.152. The molecule has 12 aliphatic carbocycles. The molecule has 0 atom stereocenters. The van der Waals surface area contributed by atoms with Crippen molar-refractivity contribution >= 4 is 78.0 Å². The van der Waals surface area contributed by atoms with Gasteiger partial charge >= 0.3 is 0 Å². The van der Waals surface area contributed by atoms with E-state index in [1.165, 1.54) is 182 Å². The molecule has 0 radical (unpaired) electrons. The standard InChI is InChI=1S/2C55H45NO/c1-54(2)47-17-6-3-11-41(47)43-26-25-39(32-49(43)54)56(38-23-21-35(22-24-38)40-14-9-16-46-44-13-5-8-20-51(44)57-53(40)46)50-19-10-15-45-42-12-4-7-18-48(42)55(52(45)50)36-28-33-27-34(30-36)31-37(55)29-33;1-54(2)47-14-6-3-10-41(47)43-25-23-40(32-49(43)54)56(39-21-18-35(19-22-39)36-20-24-45-44-12-5-8-17-51(44)57-52(45)31-36)50-16-9-13-46-42-11-4-7-15-48(42)55(53(46)50)37-27-33-26-34(29-37)30-38(55)28-33/h3-26,32-34,36-37H,27-31H2,1-2H3;3-25,31-34,37-38H,26-30H2,1-2H3. The van der Waals surface area contributed by atoms with E-state index in [0.717, 1.165) is 73.3 Å². The van der Waals surface area contributed by atoms with Crippen LogP contribution in [0.5, 0.6) is 0 Å². The van der Waals surface area contributed by atoms with Gasteiger partial charge in [-0.05, 0) is 302 Å². The molecular weight excluding hydrogens is 1380 g/mol. The van der Waals surface area contributed by atoms with Gasteiger partial charge < -0.3 is 18.6 Å². The van der Waals surface area contributed by atoms with Crippen LogP contribution < -0.4 is 9.80 Å². The van der Waals surface area contributed by atoms with Crippen molar-refractivity contribution in [2.75, 3.05) is 9.80 Å². The van der Waals surface area contributed by atoms with Crippen LogP contribution >= 0.6 is 0 Å². The lowest BCUT2D eigenvalue weighted by Crippen LogP contribution is -2.55. The van der Waals surface area contributed by atoms with E-state index in [1.807, 2.05) is 6.07 Å². The van der Waals surface area contributed by atoms with Crippen LogP contribution in [0, 0.1) is 47.3 Å². The minimum atomic E-state index is -0.0970. The molecule has 0 N–H and O–H groups in total. The number of furan rings is 2. The number of fused-ring (bicyclic) bond motifs is 18. The van der Waals surface area contributed by atoms with Gasteiger partial charge in [0.1, 0.15) is 22.3 Å². The molecule has 2 spiro atoms. The number of nitrogens with zero attached hydrogens (tertiary/aromatic N) is 2. The van der Waals surface area contributed by atoms with Gasteiger partial charge in [-0.1, -0.05) is 246 Å². The third-order valence-electron chi connectivity index (χ3n) is 30.9. The van der Waals surface area contributed by atoms with E-state index < -0.39 is 0 Å². The first-order chi connectivity index (χ1) is 55.9. The Bertz CT molecular complexity index is 6680. The maximum absolute atomic E-state index is 6.52. The largest absolute Gasteiger partial charge is 0.456 e. The van der Waals surface area contributed by atoms with Gasteiger partial charge in [0.05, 0.1) is 11.4 Å². The van der Waals surface area contributed by atoms with Gasteiger partial charge in [0.25, 0.3) is 0 Å². The summed E-state index contributed by atoms with van der Waals surface area (Å²) in [6.45, 7) is 9.61. The summed E-state index contributed by atoms with van der Waals surface area (Å²) in [5.41, 5.74) is 39.1. The van der Waals surface area contributed by atoms with Crippen LogP contribution in [-0.2, 0) is 21.7 Å². The number of para-hydroxylation sites is 3. The topological polar surface area (TPSA) is 32.8 Å². The third-order valence-corrected chi connectivity index (χ3v) is 30.9. The summed E-state index contributed by atoms with van der Waals surface area (Å²) >= 11 is 0. The molecule has 14 aromatic carbocycles. The molecule has 2 heterocycles. The SMILES string of the molecule is CC1(C)c2ccccc2-c2ccc(N(c3ccc(-c4ccc5c(c4)oc4ccccc45)cc3)c3cccc4c3C3(c5ccccc5-4)C4CC5CC(C4)CC3C5)cc21.CC1(C)c2ccccc2-c2ccc(N(c3ccc(-c4cccc5c4oc4ccccc45)cc3)c3cccc4c3C3(c5ccccc5-4)C4CC5CC(C4)CC3C5)cc21. The van der Waals surface area contributed by atoms with Crippen molar-refractivity contribution in [1.82, 2.24) is 0 Å². The van der Waals surface area contributed by atoms with E-state index in [4.69, 9.17) is 8.83 Å². The maximum atomic E-state index is 6.52.